The number of anilines is 2. The highest BCUT2D eigenvalue weighted by Gasteiger charge is 2.27. The van der Waals surface area contributed by atoms with Crippen molar-refractivity contribution in [1.29, 1.82) is 0 Å². The molecule has 0 radical (unpaired) electrons. The highest BCUT2D eigenvalue weighted by molar-refractivity contribution is 5.89. The molecule has 3 aromatic heterocycles. The van der Waals surface area contributed by atoms with Crippen molar-refractivity contribution in [3.8, 4) is 11.3 Å². The van der Waals surface area contributed by atoms with Gasteiger partial charge in [0.2, 0.25) is 5.95 Å². The number of aromatic nitrogens is 5. The van der Waals surface area contributed by atoms with E-state index in [0.717, 1.165) is 53.7 Å². The molecule has 3 unspecified atom stereocenters. The fraction of sp³-hybridized carbons (Fsp3) is 0.545. The van der Waals surface area contributed by atoms with Crippen LogP contribution in [0.5, 0.6) is 0 Å². The largest absolute Gasteiger partial charge is 0.354 e. The smallest absolute Gasteiger partial charge is 0.226 e. The maximum atomic E-state index is 4.93. The van der Waals surface area contributed by atoms with E-state index in [0.29, 0.717) is 18.1 Å². The van der Waals surface area contributed by atoms with Crippen molar-refractivity contribution in [2.45, 2.75) is 58.2 Å². The van der Waals surface area contributed by atoms with E-state index in [1.807, 2.05) is 12.4 Å². The van der Waals surface area contributed by atoms with Crippen molar-refractivity contribution in [1.82, 2.24) is 30.5 Å². The summed E-state index contributed by atoms with van der Waals surface area (Å²) in [5, 5.41) is 11.1. The molecule has 0 spiro atoms. The third-order valence-corrected chi connectivity index (χ3v) is 6.43. The molecule has 8 heteroatoms. The van der Waals surface area contributed by atoms with Gasteiger partial charge in [0.05, 0.1) is 6.20 Å². The molecule has 0 amide bonds. The monoisotopic (exact) mass is 406 g/mol. The molecule has 0 aromatic carbocycles. The molecule has 5 rings (SSSR count). The van der Waals surface area contributed by atoms with E-state index >= 15 is 0 Å². The van der Waals surface area contributed by atoms with Crippen molar-refractivity contribution in [2.24, 2.45) is 0 Å². The van der Waals surface area contributed by atoms with Crippen LogP contribution in [0, 0.1) is 0 Å². The van der Waals surface area contributed by atoms with Crippen LogP contribution in [0.1, 0.15) is 40.0 Å². The first-order valence-electron chi connectivity index (χ1n) is 11.0. The lowest BCUT2D eigenvalue weighted by Gasteiger charge is -2.39. The number of aromatic amines is 1. The lowest BCUT2D eigenvalue weighted by atomic mass is 9.98. The van der Waals surface area contributed by atoms with Crippen molar-refractivity contribution >= 4 is 22.8 Å². The summed E-state index contributed by atoms with van der Waals surface area (Å²) in [6.45, 7) is 9.67. The van der Waals surface area contributed by atoms with Gasteiger partial charge in [-0.15, -0.1) is 0 Å². The maximum Gasteiger partial charge on any atom is 0.226 e. The summed E-state index contributed by atoms with van der Waals surface area (Å²) in [6.07, 6.45) is 7.39. The number of H-pyrrole nitrogens is 1. The summed E-state index contributed by atoms with van der Waals surface area (Å²) in [4.78, 5) is 19.0. The van der Waals surface area contributed by atoms with Crippen molar-refractivity contribution in [3.05, 3.63) is 24.5 Å². The van der Waals surface area contributed by atoms with Crippen molar-refractivity contribution < 1.29 is 0 Å². The van der Waals surface area contributed by atoms with Gasteiger partial charge in [-0.3, -0.25) is 5.10 Å². The highest BCUT2D eigenvalue weighted by atomic mass is 15.3. The number of piperidine rings is 1. The van der Waals surface area contributed by atoms with Crippen LogP contribution in [0.15, 0.2) is 24.5 Å². The van der Waals surface area contributed by atoms with Gasteiger partial charge in [-0.2, -0.15) is 5.10 Å². The third-order valence-electron chi connectivity index (χ3n) is 6.43. The molecule has 3 atom stereocenters. The van der Waals surface area contributed by atoms with Gasteiger partial charge in [0.1, 0.15) is 22.5 Å². The lowest BCUT2D eigenvalue weighted by Crippen LogP contribution is -2.49. The van der Waals surface area contributed by atoms with E-state index in [4.69, 9.17) is 9.97 Å². The molecular weight excluding hydrogens is 376 g/mol. The van der Waals surface area contributed by atoms with Gasteiger partial charge < -0.3 is 15.1 Å². The number of hydrogen-bond donors (Lipinski definition) is 2. The van der Waals surface area contributed by atoms with Gasteiger partial charge in [-0.25, -0.2) is 15.0 Å². The lowest BCUT2D eigenvalue weighted by molar-refractivity contribution is 0.408. The number of piperazine rings is 1. The second-order valence-corrected chi connectivity index (χ2v) is 8.75. The second kappa shape index (κ2) is 7.83. The minimum Gasteiger partial charge on any atom is -0.354 e. The third kappa shape index (κ3) is 3.49. The normalized spacial score (nSPS) is 25.1. The Hall–Kier alpha value is -2.74. The Morgan fingerprint density at radius 3 is 2.60 bits per heavy atom. The molecular formula is C22H30N8. The standard InChI is InChI=1S/C22H30N8/c1-14-13-29(10-9-23-14)19-8-7-17(11-24-19)20-21-18(27-28-20)12-25-22(26-21)30-15(2)5-4-6-16(30)3/h7-8,11-12,14-16,23H,4-6,9-10,13H2,1-3H3,(H,27,28). The minimum absolute atomic E-state index is 0.448. The molecule has 3 aromatic rings. The first kappa shape index (κ1) is 19.2. The quantitative estimate of drug-likeness (QED) is 0.691. The van der Waals surface area contributed by atoms with Crippen LogP contribution >= 0.6 is 0 Å². The van der Waals surface area contributed by atoms with Gasteiger partial charge >= 0.3 is 0 Å². The molecule has 158 valence electrons. The molecule has 2 aliphatic rings. The summed E-state index contributed by atoms with van der Waals surface area (Å²) in [7, 11) is 0. The molecule has 0 bridgehead atoms. The molecule has 2 fully saturated rings. The summed E-state index contributed by atoms with van der Waals surface area (Å²) in [6, 6.07) is 5.56. The van der Waals surface area contributed by atoms with E-state index in [1.54, 1.807) is 0 Å². The van der Waals surface area contributed by atoms with E-state index < -0.39 is 0 Å². The highest BCUT2D eigenvalue weighted by Crippen LogP contribution is 2.30. The fourth-order valence-corrected chi connectivity index (χ4v) is 4.80. The van der Waals surface area contributed by atoms with Crippen LogP contribution in [-0.2, 0) is 0 Å². The summed E-state index contributed by atoms with van der Waals surface area (Å²) < 4.78 is 0. The Labute approximate surface area is 177 Å². The number of pyridine rings is 1. The Kier molecular flexibility index (Phi) is 5.02. The molecule has 2 N–H and O–H groups in total. The van der Waals surface area contributed by atoms with Crippen LogP contribution in [0.2, 0.25) is 0 Å². The van der Waals surface area contributed by atoms with E-state index in [2.05, 4.69) is 63.2 Å². The average molecular weight is 407 g/mol. The number of fused-ring (bicyclic) bond motifs is 1. The van der Waals surface area contributed by atoms with Crippen LogP contribution < -0.4 is 15.1 Å². The predicted molar refractivity (Wildman–Crippen MR) is 120 cm³/mol. The topological polar surface area (TPSA) is 85.9 Å². The Bertz CT molecular complexity index is 1000. The zero-order valence-electron chi connectivity index (χ0n) is 18.0. The zero-order chi connectivity index (χ0) is 20.7. The predicted octanol–water partition coefficient (Wildman–Crippen LogP) is 2.98. The number of nitrogens with zero attached hydrogens (tertiary/aromatic N) is 6. The van der Waals surface area contributed by atoms with Crippen LogP contribution in [0.3, 0.4) is 0 Å². The first-order valence-corrected chi connectivity index (χ1v) is 11.0. The SMILES string of the molecule is CC1CN(c2ccc(-c3n[nH]c4cnc(N5C(C)CCCC5C)nc34)cn2)CCN1. The molecule has 5 heterocycles. The fourth-order valence-electron chi connectivity index (χ4n) is 4.80. The Morgan fingerprint density at radius 2 is 1.87 bits per heavy atom. The summed E-state index contributed by atoms with van der Waals surface area (Å²) in [5.74, 6) is 1.81. The van der Waals surface area contributed by atoms with Crippen LogP contribution in [-0.4, -0.2) is 62.9 Å². The maximum absolute atomic E-state index is 4.93. The molecule has 0 saturated carbocycles. The summed E-state index contributed by atoms with van der Waals surface area (Å²) >= 11 is 0. The van der Waals surface area contributed by atoms with E-state index in [9.17, 15) is 0 Å². The van der Waals surface area contributed by atoms with Gasteiger partial charge in [0.15, 0.2) is 0 Å². The minimum atomic E-state index is 0.448. The molecule has 8 nitrogen and oxygen atoms in total. The van der Waals surface area contributed by atoms with E-state index in [1.165, 1.54) is 19.3 Å². The Balaban J connectivity index is 1.46. The molecule has 0 aliphatic carbocycles. The van der Waals surface area contributed by atoms with Gasteiger partial charge in [-0.1, -0.05) is 0 Å². The number of nitrogens with one attached hydrogen (secondary N) is 2. The number of rotatable bonds is 3. The average Bonchev–Trinajstić information content (AvgIpc) is 3.17. The van der Waals surface area contributed by atoms with Crippen LogP contribution in [0.4, 0.5) is 11.8 Å². The molecule has 2 aliphatic heterocycles. The van der Waals surface area contributed by atoms with E-state index in [-0.39, 0.29) is 0 Å². The van der Waals surface area contributed by atoms with Gasteiger partial charge in [0, 0.05) is 49.5 Å². The molecule has 2 saturated heterocycles. The number of hydrogen-bond acceptors (Lipinski definition) is 7. The van der Waals surface area contributed by atoms with Crippen molar-refractivity contribution in [3.63, 3.8) is 0 Å². The zero-order valence-corrected chi connectivity index (χ0v) is 18.0. The van der Waals surface area contributed by atoms with Crippen LogP contribution in [0.25, 0.3) is 22.3 Å². The molecule has 30 heavy (non-hydrogen) atoms. The van der Waals surface area contributed by atoms with Gasteiger partial charge in [0.25, 0.3) is 0 Å². The Morgan fingerprint density at radius 1 is 1.03 bits per heavy atom. The summed E-state index contributed by atoms with van der Waals surface area (Å²) in [5.41, 5.74) is 3.51. The first-order chi connectivity index (χ1) is 14.6. The van der Waals surface area contributed by atoms with Gasteiger partial charge in [-0.05, 0) is 52.2 Å². The second-order valence-electron chi connectivity index (χ2n) is 8.75. The van der Waals surface area contributed by atoms with Crippen molar-refractivity contribution in [2.75, 3.05) is 29.4 Å².